The molecule has 1 aromatic carbocycles. The molecule has 8 aliphatic rings. The second kappa shape index (κ2) is 18.7. The minimum Gasteiger partial charge on any atom is -0.504 e. The van der Waals surface area contributed by atoms with E-state index in [9.17, 15) is 30.3 Å². The van der Waals surface area contributed by atoms with Crippen LogP contribution >= 0.6 is 0 Å². The fourth-order valence-electron chi connectivity index (χ4n) is 12.2. The van der Waals surface area contributed by atoms with Gasteiger partial charge >= 0.3 is 5.97 Å². The number of piperidine rings is 3. The van der Waals surface area contributed by atoms with Crippen molar-refractivity contribution in [1.29, 1.82) is 0 Å². The van der Waals surface area contributed by atoms with Crippen LogP contribution in [0.3, 0.4) is 0 Å². The summed E-state index contributed by atoms with van der Waals surface area (Å²) in [5.41, 5.74) is 6.78. The number of nitrogens with zero attached hydrogens (tertiary/aromatic N) is 3. The van der Waals surface area contributed by atoms with Crippen LogP contribution < -0.4 is 21.1 Å². The molecule has 60 heavy (non-hydrogen) atoms. The number of esters is 1. The van der Waals surface area contributed by atoms with E-state index in [-0.39, 0.29) is 74.0 Å². The van der Waals surface area contributed by atoms with E-state index >= 15 is 0 Å². The predicted octanol–water partition coefficient (Wildman–Crippen LogP) is 2.36. The highest BCUT2D eigenvalue weighted by atomic mass is 16.5. The SMILES string of the molecule is CC(=O)OC1CC(O)CCC2(C#CC3CCCC4CC(CCN4)Oc4cc(c(CO)cc4O)CC31)CN=C(N)NC1(CCCCC1)N1CC3CC(C1)C(CO)N(C3)CC2O. The van der Waals surface area contributed by atoms with Crippen molar-refractivity contribution in [1.82, 2.24) is 20.4 Å². The van der Waals surface area contributed by atoms with E-state index in [0.717, 1.165) is 89.5 Å². The minimum absolute atomic E-state index is 0.00609. The molecule has 14 nitrogen and oxygen atoms in total. The van der Waals surface area contributed by atoms with Crippen LogP contribution in [-0.4, -0.2) is 135 Å². The van der Waals surface area contributed by atoms with Gasteiger partial charge in [0.2, 0.25) is 0 Å². The zero-order valence-electron chi connectivity index (χ0n) is 35.6. The maximum absolute atomic E-state index is 12.8. The molecule has 4 fully saturated rings. The molecule has 1 saturated carbocycles. The molecule has 3 saturated heterocycles. The fourth-order valence-corrected chi connectivity index (χ4v) is 12.2. The summed E-state index contributed by atoms with van der Waals surface area (Å²) in [5, 5.41) is 64.6. The zero-order valence-corrected chi connectivity index (χ0v) is 35.6. The maximum atomic E-state index is 12.8. The Hall–Kier alpha value is -3.16. The molecule has 9 N–H and O–H groups in total. The first-order valence-corrected chi connectivity index (χ1v) is 23.1. The number of guanidine groups is 1. The molecule has 332 valence electrons. The Morgan fingerprint density at radius 1 is 1.02 bits per heavy atom. The second-order valence-corrected chi connectivity index (χ2v) is 19.5. The smallest absolute Gasteiger partial charge is 0.302 e. The van der Waals surface area contributed by atoms with E-state index in [1.54, 1.807) is 6.07 Å². The minimum atomic E-state index is -1.09. The Kier molecular flexibility index (Phi) is 13.5. The molecule has 2 aliphatic carbocycles. The number of rotatable bonds is 3. The van der Waals surface area contributed by atoms with Crippen LogP contribution in [0.15, 0.2) is 17.1 Å². The monoisotopic (exact) mass is 835 g/mol. The van der Waals surface area contributed by atoms with Gasteiger partial charge in [-0.3, -0.25) is 19.6 Å². The standard InChI is InChI=1S/C46H70N6O8/c1-29(55)59-41-21-36(56)9-14-45(13-8-31-6-5-7-35-20-37(10-15-48-35)60-42-19-32(17-38(31)41)34(26-53)18-40(42)57)28-49-44(47)50-46(11-3-2-4-12-46)52-23-30-16-33(24-52)39(27-54)51(22-30)25-43(45)58/h18-19,30-31,33,35-39,41,43,48,53-54,56-58H,2-7,9-12,14-17,20-28H2,1H3,(H3,47,49,50). The molecule has 0 radical (unpaired) electrons. The molecule has 14 heteroatoms. The lowest BCUT2D eigenvalue weighted by molar-refractivity contribution is -0.152. The van der Waals surface area contributed by atoms with Gasteiger partial charge in [-0.1, -0.05) is 24.7 Å². The van der Waals surface area contributed by atoms with Crippen LogP contribution in [0.1, 0.15) is 108 Å². The van der Waals surface area contributed by atoms with Crippen LogP contribution in [0.5, 0.6) is 11.5 Å². The Bertz CT molecular complexity index is 1760. The van der Waals surface area contributed by atoms with Crippen LogP contribution in [-0.2, 0) is 22.6 Å². The summed E-state index contributed by atoms with van der Waals surface area (Å²) in [6.07, 6.45) is 8.82. The van der Waals surface area contributed by atoms with Gasteiger partial charge in [0.15, 0.2) is 17.5 Å². The summed E-state index contributed by atoms with van der Waals surface area (Å²) in [7, 11) is 0. The summed E-state index contributed by atoms with van der Waals surface area (Å²) < 4.78 is 12.6. The van der Waals surface area contributed by atoms with E-state index in [1.165, 1.54) is 13.3 Å². The molecule has 1 aromatic rings. The number of carbonyl (C=O) groups excluding carboxylic acids is 1. The molecule has 8 bridgehead atoms. The van der Waals surface area contributed by atoms with Gasteiger partial charge in [0.25, 0.3) is 0 Å². The van der Waals surface area contributed by atoms with Gasteiger partial charge in [-0.2, -0.15) is 0 Å². The number of aliphatic imine (C=N–C) groups is 1. The number of phenols is 1. The first-order valence-electron chi connectivity index (χ1n) is 23.1. The number of phenolic OH excluding ortho intramolecular Hbond substituents is 1. The highest BCUT2D eigenvalue weighted by molar-refractivity contribution is 5.78. The summed E-state index contributed by atoms with van der Waals surface area (Å²) >= 11 is 0. The van der Waals surface area contributed by atoms with Gasteiger partial charge in [-0.25, -0.2) is 0 Å². The summed E-state index contributed by atoms with van der Waals surface area (Å²) in [5.74, 6) is 7.50. The van der Waals surface area contributed by atoms with Crippen molar-refractivity contribution in [2.24, 2.45) is 39.8 Å². The van der Waals surface area contributed by atoms with Crippen LogP contribution in [0, 0.1) is 40.9 Å². The number of aliphatic hydroxyl groups is 4. The molecule has 9 rings (SSSR count). The summed E-state index contributed by atoms with van der Waals surface area (Å²) in [4.78, 5) is 22.7. The van der Waals surface area contributed by atoms with Crippen molar-refractivity contribution in [3.63, 3.8) is 0 Å². The summed E-state index contributed by atoms with van der Waals surface area (Å²) in [6.45, 7) is 4.86. The summed E-state index contributed by atoms with van der Waals surface area (Å²) in [6, 6.07) is 3.48. The molecule has 6 heterocycles. The molecular formula is C46H70N6O8. The quantitative estimate of drug-likeness (QED) is 0.163. The predicted molar refractivity (Wildman–Crippen MR) is 227 cm³/mol. The topological polar surface area (TPSA) is 206 Å². The largest absolute Gasteiger partial charge is 0.504 e. The lowest BCUT2D eigenvalue weighted by Gasteiger charge is -2.56. The molecule has 13 unspecified atom stereocenters. The van der Waals surface area contributed by atoms with Crippen molar-refractivity contribution >= 4 is 11.9 Å². The highest BCUT2D eigenvalue weighted by Gasteiger charge is 2.50. The third-order valence-electron chi connectivity index (χ3n) is 15.4. The number of aliphatic hydroxyl groups excluding tert-OH is 4. The van der Waals surface area contributed by atoms with E-state index in [2.05, 4.69) is 32.3 Å². The number of ether oxygens (including phenoxy) is 2. The first-order chi connectivity index (χ1) is 29.0. The van der Waals surface area contributed by atoms with Crippen molar-refractivity contribution in [3.8, 4) is 23.3 Å². The number of hydrogen-bond acceptors (Lipinski definition) is 14. The molecular weight excluding hydrogens is 765 g/mol. The van der Waals surface area contributed by atoms with Gasteiger partial charge in [0.1, 0.15) is 12.2 Å². The van der Waals surface area contributed by atoms with E-state index in [1.807, 2.05) is 6.07 Å². The Balaban J connectivity index is 1.23. The van der Waals surface area contributed by atoms with Crippen molar-refractivity contribution in [2.75, 3.05) is 45.9 Å². The van der Waals surface area contributed by atoms with Gasteiger partial charge in [-0.05, 0) is 119 Å². The van der Waals surface area contributed by atoms with Gasteiger partial charge in [-0.15, -0.1) is 0 Å². The number of nitrogens with two attached hydrogens (primary N) is 1. The van der Waals surface area contributed by atoms with Crippen LogP contribution in [0.25, 0.3) is 0 Å². The van der Waals surface area contributed by atoms with Crippen molar-refractivity contribution in [2.45, 2.75) is 152 Å². The molecule has 0 aromatic heterocycles. The average molecular weight is 835 g/mol. The Labute approximate surface area is 355 Å². The van der Waals surface area contributed by atoms with E-state index < -0.39 is 35.6 Å². The maximum Gasteiger partial charge on any atom is 0.302 e. The number of benzene rings is 1. The lowest BCUT2D eigenvalue weighted by Crippen LogP contribution is -2.69. The number of nitrogens with one attached hydrogen (secondary N) is 2. The number of fused-ring (bicyclic) bond motifs is 8. The number of hydrogen-bond donors (Lipinski definition) is 8. The Morgan fingerprint density at radius 3 is 2.63 bits per heavy atom. The fraction of sp³-hybridized carbons (Fsp3) is 0.783. The molecule has 2 spiro atoms. The van der Waals surface area contributed by atoms with E-state index in [4.69, 9.17) is 20.2 Å². The lowest BCUT2D eigenvalue weighted by atomic mass is 9.72. The van der Waals surface area contributed by atoms with Gasteiger partial charge in [0, 0.05) is 63.4 Å². The zero-order chi connectivity index (χ0) is 42.0. The van der Waals surface area contributed by atoms with Gasteiger partial charge in [0.05, 0.1) is 43.0 Å². The first kappa shape index (κ1) is 43.5. The second-order valence-electron chi connectivity index (χ2n) is 19.5. The molecule has 0 amide bonds. The Morgan fingerprint density at radius 2 is 1.85 bits per heavy atom. The van der Waals surface area contributed by atoms with E-state index in [0.29, 0.717) is 49.0 Å². The number of carbonyl (C=O) groups is 1. The van der Waals surface area contributed by atoms with Crippen molar-refractivity contribution in [3.05, 3.63) is 23.3 Å². The third kappa shape index (κ3) is 9.43. The van der Waals surface area contributed by atoms with Crippen molar-refractivity contribution < 1.29 is 39.8 Å². The highest BCUT2D eigenvalue weighted by Crippen LogP contribution is 2.43. The average Bonchev–Trinajstić information content (AvgIpc) is 3.23. The van der Waals surface area contributed by atoms with Gasteiger partial charge < -0.3 is 51.4 Å². The molecule has 6 aliphatic heterocycles. The number of aromatic hydroxyl groups is 1. The van der Waals surface area contributed by atoms with Crippen LogP contribution in [0.4, 0.5) is 0 Å². The van der Waals surface area contributed by atoms with Crippen LogP contribution in [0.2, 0.25) is 0 Å². The molecule has 13 atom stereocenters. The normalized spacial score (nSPS) is 39.5. The third-order valence-corrected chi connectivity index (χ3v) is 15.4.